The predicted molar refractivity (Wildman–Crippen MR) is 95.6 cm³/mol. The van der Waals surface area contributed by atoms with Gasteiger partial charge in [-0.3, -0.25) is 10.1 Å². The van der Waals surface area contributed by atoms with Crippen molar-refractivity contribution >= 4 is 22.4 Å². The van der Waals surface area contributed by atoms with Crippen molar-refractivity contribution in [3.63, 3.8) is 0 Å². The summed E-state index contributed by atoms with van der Waals surface area (Å²) in [6, 6.07) is 9.42. The molecule has 1 aromatic carbocycles. The van der Waals surface area contributed by atoms with Gasteiger partial charge in [0, 0.05) is 16.6 Å². The van der Waals surface area contributed by atoms with Crippen LogP contribution in [0.25, 0.3) is 11.3 Å². The van der Waals surface area contributed by atoms with Gasteiger partial charge in [0.25, 0.3) is 5.91 Å². The van der Waals surface area contributed by atoms with Gasteiger partial charge in [0.15, 0.2) is 5.13 Å². The molecule has 7 heteroatoms. The van der Waals surface area contributed by atoms with Crippen molar-refractivity contribution in [3.05, 3.63) is 58.9 Å². The summed E-state index contributed by atoms with van der Waals surface area (Å²) >= 11 is 1.36. The van der Waals surface area contributed by atoms with E-state index in [4.69, 9.17) is 4.74 Å². The lowest BCUT2D eigenvalue weighted by Gasteiger charge is -2.07. The third-order valence-corrected chi connectivity index (χ3v) is 4.32. The number of amides is 1. The third kappa shape index (κ3) is 3.83. The Morgan fingerprint density at radius 3 is 2.76 bits per heavy atom. The number of hydrogen-bond donors (Lipinski definition) is 1. The van der Waals surface area contributed by atoms with Gasteiger partial charge in [-0.25, -0.2) is 14.4 Å². The minimum atomic E-state index is -0.337. The Labute approximate surface area is 148 Å². The van der Waals surface area contributed by atoms with E-state index in [9.17, 15) is 9.18 Å². The number of aryl methyl sites for hydroxylation is 1. The van der Waals surface area contributed by atoms with Crippen LogP contribution in [-0.2, 0) is 0 Å². The van der Waals surface area contributed by atoms with E-state index in [1.54, 1.807) is 30.5 Å². The first-order valence-corrected chi connectivity index (χ1v) is 8.52. The highest BCUT2D eigenvalue weighted by molar-refractivity contribution is 7.16. The molecule has 3 rings (SSSR count). The fourth-order valence-electron chi connectivity index (χ4n) is 2.31. The molecule has 1 amide bonds. The summed E-state index contributed by atoms with van der Waals surface area (Å²) in [5.74, 6) is -0.351. The Bertz CT molecular complexity index is 894. The zero-order valence-corrected chi connectivity index (χ0v) is 14.6. The summed E-state index contributed by atoms with van der Waals surface area (Å²) in [7, 11) is 0. The van der Waals surface area contributed by atoms with Gasteiger partial charge in [0.1, 0.15) is 11.4 Å². The maximum absolute atomic E-state index is 13.1. The summed E-state index contributed by atoms with van der Waals surface area (Å²) < 4.78 is 18.5. The summed E-state index contributed by atoms with van der Waals surface area (Å²) in [4.78, 5) is 22.0. The third-order valence-electron chi connectivity index (χ3n) is 3.43. The molecule has 0 atom stereocenters. The van der Waals surface area contributed by atoms with Gasteiger partial charge in [-0.2, -0.15) is 0 Å². The van der Waals surface area contributed by atoms with Crippen molar-refractivity contribution < 1.29 is 13.9 Å². The van der Waals surface area contributed by atoms with Crippen LogP contribution in [0, 0.1) is 12.7 Å². The molecule has 2 heterocycles. The first-order chi connectivity index (χ1) is 12.1. The molecule has 0 bridgehead atoms. The molecule has 1 N–H and O–H groups in total. The van der Waals surface area contributed by atoms with E-state index in [1.807, 2.05) is 13.8 Å². The number of benzene rings is 1. The first kappa shape index (κ1) is 17.0. The number of nitrogens with zero attached hydrogens (tertiary/aromatic N) is 2. The molecule has 0 spiro atoms. The zero-order chi connectivity index (χ0) is 17.8. The lowest BCUT2D eigenvalue weighted by Crippen LogP contribution is -2.14. The van der Waals surface area contributed by atoms with Gasteiger partial charge in [-0.1, -0.05) is 0 Å². The number of pyridine rings is 1. The zero-order valence-electron chi connectivity index (χ0n) is 13.7. The number of rotatable bonds is 5. The molecule has 3 aromatic rings. The molecule has 0 fully saturated rings. The minimum Gasteiger partial charge on any atom is -0.477 e. The van der Waals surface area contributed by atoms with Crippen LogP contribution in [0.3, 0.4) is 0 Å². The number of nitrogens with one attached hydrogen (secondary N) is 1. The van der Waals surface area contributed by atoms with E-state index >= 15 is 0 Å². The van der Waals surface area contributed by atoms with Gasteiger partial charge in [0.05, 0.1) is 12.3 Å². The number of carbonyl (C=O) groups excluding carboxylic acids is 1. The molecule has 5 nitrogen and oxygen atoms in total. The summed E-state index contributed by atoms with van der Waals surface area (Å²) in [6.07, 6.45) is 1.57. The maximum Gasteiger partial charge on any atom is 0.262 e. The normalized spacial score (nSPS) is 10.5. The van der Waals surface area contributed by atoms with Crippen LogP contribution in [0.4, 0.5) is 9.52 Å². The minimum absolute atomic E-state index is 0.287. The van der Waals surface area contributed by atoms with Gasteiger partial charge in [0.2, 0.25) is 5.88 Å². The lowest BCUT2D eigenvalue weighted by atomic mass is 10.1. The van der Waals surface area contributed by atoms with E-state index in [0.717, 1.165) is 16.1 Å². The van der Waals surface area contributed by atoms with Crippen molar-refractivity contribution in [1.82, 2.24) is 9.97 Å². The highest BCUT2D eigenvalue weighted by Crippen LogP contribution is 2.31. The highest BCUT2D eigenvalue weighted by Gasteiger charge is 2.17. The Morgan fingerprint density at radius 2 is 2.04 bits per heavy atom. The summed E-state index contributed by atoms with van der Waals surface area (Å²) in [5.41, 5.74) is 1.86. The Balaban J connectivity index is 1.83. The number of aromatic nitrogens is 2. The maximum atomic E-state index is 13.1. The second-order valence-corrected chi connectivity index (χ2v) is 6.38. The number of carbonyl (C=O) groups is 1. The molecular formula is C18H16FN3O2S. The standard InChI is InChI=1S/C18H16FN3O2S/c1-3-24-17-14(5-4-10-20-17)16(23)22-18-21-15(11(2)25-18)12-6-8-13(19)9-7-12/h4-10H,3H2,1-2H3,(H,21,22,23). The molecule has 0 radical (unpaired) electrons. The summed E-state index contributed by atoms with van der Waals surface area (Å²) in [5, 5.41) is 3.24. The molecular weight excluding hydrogens is 341 g/mol. The highest BCUT2D eigenvalue weighted by atomic mass is 32.1. The smallest absolute Gasteiger partial charge is 0.262 e. The van der Waals surface area contributed by atoms with Crippen molar-refractivity contribution in [1.29, 1.82) is 0 Å². The van der Waals surface area contributed by atoms with Crippen molar-refractivity contribution in [2.75, 3.05) is 11.9 Å². The SMILES string of the molecule is CCOc1ncccc1C(=O)Nc1nc(-c2ccc(F)cc2)c(C)s1. The van der Waals surface area contributed by atoms with E-state index < -0.39 is 0 Å². The molecule has 0 aliphatic rings. The molecule has 0 saturated carbocycles. The van der Waals surface area contributed by atoms with Gasteiger partial charge < -0.3 is 4.74 Å². The second-order valence-electron chi connectivity index (χ2n) is 5.17. The molecule has 0 unspecified atom stereocenters. The average Bonchev–Trinajstić information content (AvgIpc) is 2.96. The Kier molecular flexibility index (Phi) is 5.04. The van der Waals surface area contributed by atoms with Crippen molar-refractivity contribution in [2.24, 2.45) is 0 Å². The number of ether oxygens (including phenoxy) is 1. The number of halogens is 1. The fourth-order valence-corrected chi connectivity index (χ4v) is 3.14. The average molecular weight is 357 g/mol. The van der Waals surface area contributed by atoms with Gasteiger partial charge in [-0.05, 0) is 50.2 Å². The number of hydrogen-bond acceptors (Lipinski definition) is 5. The van der Waals surface area contributed by atoms with Crippen LogP contribution in [0.15, 0.2) is 42.6 Å². The Hall–Kier alpha value is -2.80. The van der Waals surface area contributed by atoms with Crippen LogP contribution in [0.5, 0.6) is 5.88 Å². The van der Waals surface area contributed by atoms with E-state index in [2.05, 4.69) is 15.3 Å². The fraction of sp³-hybridized carbons (Fsp3) is 0.167. The van der Waals surface area contributed by atoms with E-state index in [-0.39, 0.29) is 17.6 Å². The van der Waals surface area contributed by atoms with Crippen LogP contribution in [0.2, 0.25) is 0 Å². The molecule has 0 saturated heterocycles. The largest absolute Gasteiger partial charge is 0.477 e. The molecule has 128 valence electrons. The van der Waals surface area contributed by atoms with E-state index in [0.29, 0.717) is 17.3 Å². The van der Waals surface area contributed by atoms with E-state index in [1.165, 1.54) is 23.5 Å². The van der Waals surface area contributed by atoms with Crippen LogP contribution >= 0.6 is 11.3 Å². The van der Waals surface area contributed by atoms with Gasteiger partial charge in [-0.15, -0.1) is 11.3 Å². The van der Waals surface area contributed by atoms with Crippen LogP contribution < -0.4 is 10.1 Å². The Morgan fingerprint density at radius 1 is 1.28 bits per heavy atom. The second kappa shape index (κ2) is 7.40. The monoisotopic (exact) mass is 357 g/mol. The van der Waals surface area contributed by atoms with Gasteiger partial charge >= 0.3 is 0 Å². The lowest BCUT2D eigenvalue weighted by molar-refractivity contribution is 0.102. The quantitative estimate of drug-likeness (QED) is 0.739. The molecule has 0 aliphatic heterocycles. The first-order valence-electron chi connectivity index (χ1n) is 7.71. The number of thiazole rings is 1. The van der Waals surface area contributed by atoms with Crippen LogP contribution in [0.1, 0.15) is 22.2 Å². The predicted octanol–water partition coefficient (Wildman–Crippen LogP) is 4.30. The van der Waals surface area contributed by atoms with Crippen molar-refractivity contribution in [3.8, 4) is 17.1 Å². The molecule has 2 aromatic heterocycles. The number of anilines is 1. The topological polar surface area (TPSA) is 64.1 Å². The molecule has 25 heavy (non-hydrogen) atoms. The van der Waals surface area contributed by atoms with Crippen LogP contribution in [-0.4, -0.2) is 22.5 Å². The van der Waals surface area contributed by atoms with Crippen molar-refractivity contribution in [2.45, 2.75) is 13.8 Å². The summed E-state index contributed by atoms with van der Waals surface area (Å²) in [6.45, 7) is 4.15. The molecule has 0 aliphatic carbocycles.